The third kappa shape index (κ3) is 4.93. The smallest absolute Gasteiger partial charge is 0.246 e. The van der Waals surface area contributed by atoms with E-state index in [1.165, 1.54) is 18.2 Å². The number of carbonyl (C=O) groups excluding carboxylic acids is 1. The molecule has 2 heterocycles. The first-order valence-electron chi connectivity index (χ1n) is 9.83. The molecule has 0 spiro atoms. The third-order valence-electron chi connectivity index (χ3n) is 4.83. The molecule has 4 rings (SSSR count). The Bertz CT molecular complexity index is 1190. The van der Waals surface area contributed by atoms with Crippen LogP contribution in [0.25, 0.3) is 23.0 Å². The molecule has 0 unspecified atom stereocenters. The number of likely N-dealkylation sites (N-methyl/N-ethyl adjacent to an activating group) is 1. The maximum atomic E-state index is 13.4. The van der Waals surface area contributed by atoms with Gasteiger partial charge in [-0.2, -0.15) is 5.10 Å². The van der Waals surface area contributed by atoms with Gasteiger partial charge < -0.3 is 4.90 Å². The largest absolute Gasteiger partial charge is 0.338 e. The molecule has 0 atom stereocenters. The average Bonchev–Trinajstić information content (AvgIpc) is 3.23. The van der Waals surface area contributed by atoms with Crippen molar-refractivity contribution in [2.45, 2.75) is 6.54 Å². The van der Waals surface area contributed by atoms with Crippen LogP contribution in [0.1, 0.15) is 11.1 Å². The topological polar surface area (TPSA) is 51.0 Å². The summed E-state index contributed by atoms with van der Waals surface area (Å²) in [5, 5.41) is 4.68. The van der Waals surface area contributed by atoms with Crippen LogP contribution in [-0.4, -0.2) is 32.6 Å². The number of nitrogens with zero attached hydrogens (tertiary/aromatic N) is 4. The first-order valence-corrected chi connectivity index (χ1v) is 9.83. The molecule has 0 saturated heterocycles. The second-order valence-electron chi connectivity index (χ2n) is 7.10. The standard InChI is InChI=1S/C25H21FN4O/c1-29(17-19-13-15-27-16-14-19)24(31)12-9-21-18-30(23-5-3-2-4-6-23)28-25(21)20-7-10-22(26)11-8-20/h2-16,18H,17H2,1H3/b12-9+. The molecule has 2 aromatic carbocycles. The quantitative estimate of drug-likeness (QED) is 0.430. The number of hydrogen-bond donors (Lipinski definition) is 0. The number of hydrogen-bond acceptors (Lipinski definition) is 3. The highest BCUT2D eigenvalue weighted by Crippen LogP contribution is 2.25. The summed E-state index contributed by atoms with van der Waals surface area (Å²) in [7, 11) is 1.75. The van der Waals surface area contributed by atoms with Gasteiger partial charge in [0.25, 0.3) is 0 Å². The van der Waals surface area contributed by atoms with E-state index in [1.54, 1.807) is 47.2 Å². The Morgan fingerprint density at radius 2 is 1.74 bits per heavy atom. The number of amides is 1. The summed E-state index contributed by atoms with van der Waals surface area (Å²) in [5.74, 6) is -0.439. The van der Waals surface area contributed by atoms with Crippen LogP contribution in [0.5, 0.6) is 0 Å². The molecule has 0 aliphatic carbocycles. The molecule has 31 heavy (non-hydrogen) atoms. The molecule has 0 fully saturated rings. The second kappa shape index (κ2) is 9.17. The Balaban J connectivity index is 1.62. The Kier molecular flexibility index (Phi) is 5.98. The van der Waals surface area contributed by atoms with Crippen LogP contribution < -0.4 is 0 Å². The maximum Gasteiger partial charge on any atom is 0.246 e. The number of para-hydroxylation sites is 1. The monoisotopic (exact) mass is 412 g/mol. The van der Waals surface area contributed by atoms with E-state index in [4.69, 9.17) is 0 Å². The molecule has 2 aromatic heterocycles. The van der Waals surface area contributed by atoms with Gasteiger partial charge in [-0.25, -0.2) is 9.07 Å². The van der Waals surface area contributed by atoms with Gasteiger partial charge in [-0.15, -0.1) is 0 Å². The molecule has 0 saturated carbocycles. The van der Waals surface area contributed by atoms with E-state index >= 15 is 0 Å². The maximum absolute atomic E-state index is 13.4. The van der Waals surface area contributed by atoms with Gasteiger partial charge in [0.05, 0.1) is 11.4 Å². The molecule has 0 bridgehead atoms. The van der Waals surface area contributed by atoms with Gasteiger partial charge in [-0.3, -0.25) is 9.78 Å². The van der Waals surface area contributed by atoms with Crippen molar-refractivity contribution in [1.82, 2.24) is 19.7 Å². The third-order valence-corrected chi connectivity index (χ3v) is 4.83. The second-order valence-corrected chi connectivity index (χ2v) is 7.10. The summed E-state index contributed by atoms with van der Waals surface area (Å²) < 4.78 is 15.2. The summed E-state index contributed by atoms with van der Waals surface area (Å²) in [5.41, 5.74) is 4.11. The predicted molar refractivity (Wildman–Crippen MR) is 119 cm³/mol. The summed E-state index contributed by atoms with van der Waals surface area (Å²) in [6.07, 6.45) is 8.55. The van der Waals surface area contributed by atoms with Gasteiger partial charge in [0.15, 0.2) is 0 Å². The van der Waals surface area contributed by atoms with Gasteiger partial charge >= 0.3 is 0 Å². The number of halogens is 1. The Morgan fingerprint density at radius 3 is 2.45 bits per heavy atom. The first kappa shape index (κ1) is 20.2. The summed E-state index contributed by atoms with van der Waals surface area (Å²) in [6.45, 7) is 0.486. The SMILES string of the molecule is CN(Cc1ccncc1)C(=O)/C=C/c1cn(-c2ccccc2)nc1-c1ccc(F)cc1. The van der Waals surface area contributed by atoms with E-state index in [9.17, 15) is 9.18 Å². The van der Waals surface area contributed by atoms with E-state index in [-0.39, 0.29) is 11.7 Å². The van der Waals surface area contributed by atoms with Crippen molar-refractivity contribution < 1.29 is 9.18 Å². The minimum atomic E-state index is -0.309. The number of pyridine rings is 1. The predicted octanol–water partition coefficient (Wildman–Crippen LogP) is 4.75. The number of rotatable bonds is 6. The minimum Gasteiger partial charge on any atom is -0.338 e. The van der Waals surface area contributed by atoms with Crippen LogP contribution in [-0.2, 0) is 11.3 Å². The van der Waals surface area contributed by atoms with Gasteiger partial charge in [-0.1, -0.05) is 18.2 Å². The van der Waals surface area contributed by atoms with Crippen LogP contribution in [0.2, 0.25) is 0 Å². The van der Waals surface area contributed by atoms with Gasteiger partial charge in [0.1, 0.15) is 5.82 Å². The highest BCUT2D eigenvalue weighted by Gasteiger charge is 2.12. The Labute approximate surface area is 180 Å². The molecule has 6 heteroatoms. The summed E-state index contributed by atoms with van der Waals surface area (Å²) in [4.78, 5) is 18.3. The minimum absolute atomic E-state index is 0.130. The lowest BCUT2D eigenvalue weighted by molar-refractivity contribution is -0.125. The van der Waals surface area contributed by atoms with Crippen molar-refractivity contribution >= 4 is 12.0 Å². The highest BCUT2D eigenvalue weighted by molar-refractivity contribution is 5.92. The average molecular weight is 412 g/mol. The van der Waals surface area contributed by atoms with Crippen molar-refractivity contribution in [2.75, 3.05) is 7.05 Å². The van der Waals surface area contributed by atoms with Crippen LogP contribution in [0.4, 0.5) is 4.39 Å². The van der Waals surface area contributed by atoms with E-state index in [0.29, 0.717) is 12.2 Å². The molecule has 4 aromatic rings. The zero-order chi connectivity index (χ0) is 21.6. The summed E-state index contributed by atoms with van der Waals surface area (Å²) >= 11 is 0. The molecule has 0 aliphatic heterocycles. The molecule has 0 radical (unpaired) electrons. The van der Waals surface area contributed by atoms with Gasteiger partial charge in [-0.05, 0) is 60.2 Å². The van der Waals surface area contributed by atoms with Crippen LogP contribution in [0.15, 0.2) is 91.4 Å². The molecular formula is C25H21FN4O. The number of benzene rings is 2. The lowest BCUT2D eigenvalue weighted by Crippen LogP contribution is -2.24. The first-order chi connectivity index (χ1) is 15.1. The van der Waals surface area contributed by atoms with Crippen molar-refractivity contribution in [2.24, 2.45) is 0 Å². The molecule has 5 nitrogen and oxygen atoms in total. The normalized spacial score (nSPS) is 11.0. The molecule has 1 amide bonds. The fourth-order valence-electron chi connectivity index (χ4n) is 3.18. The van der Waals surface area contributed by atoms with Crippen molar-refractivity contribution in [3.63, 3.8) is 0 Å². The number of carbonyl (C=O) groups is 1. The number of aromatic nitrogens is 3. The Hall–Kier alpha value is -4.06. The molecule has 0 N–H and O–H groups in total. The van der Waals surface area contributed by atoms with Crippen molar-refractivity contribution in [3.05, 3.63) is 108 Å². The molecular weight excluding hydrogens is 391 g/mol. The highest BCUT2D eigenvalue weighted by atomic mass is 19.1. The lowest BCUT2D eigenvalue weighted by Gasteiger charge is -2.14. The van der Waals surface area contributed by atoms with E-state index < -0.39 is 0 Å². The lowest BCUT2D eigenvalue weighted by atomic mass is 10.1. The van der Waals surface area contributed by atoms with Gasteiger partial charge in [0, 0.05) is 49.4 Å². The Morgan fingerprint density at radius 1 is 1.03 bits per heavy atom. The van der Waals surface area contributed by atoms with Crippen LogP contribution in [0, 0.1) is 5.82 Å². The van der Waals surface area contributed by atoms with Crippen LogP contribution >= 0.6 is 0 Å². The fourth-order valence-corrected chi connectivity index (χ4v) is 3.18. The van der Waals surface area contributed by atoms with Crippen molar-refractivity contribution in [3.8, 4) is 16.9 Å². The molecule has 0 aliphatic rings. The molecule has 154 valence electrons. The zero-order valence-electron chi connectivity index (χ0n) is 17.0. The van der Waals surface area contributed by atoms with Gasteiger partial charge in [0.2, 0.25) is 5.91 Å². The van der Waals surface area contributed by atoms with E-state index in [1.807, 2.05) is 48.7 Å². The fraction of sp³-hybridized carbons (Fsp3) is 0.0800. The van der Waals surface area contributed by atoms with Crippen LogP contribution in [0.3, 0.4) is 0 Å². The summed E-state index contributed by atoms with van der Waals surface area (Å²) in [6, 6.07) is 19.6. The van der Waals surface area contributed by atoms with E-state index in [2.05, 4.69) is 10.1 Å². The van der Waals surface area contributed by atoms with E-state index in [0.717, 1.165) is 22.4 Å². The zero-order valence-corrected chi connectivity index (χ0v) is 17.0. The van der Waals surface area contributed by atoms with Crippen molar-refractivity contribution in [1.29, 1.82) is 0 Å².